The summed E-state index contributed by atoms with van der Waals surface area (Å²) in [4.78, 5) is 3.67. The second-order valence-corrected chi connectivity index (χ2v) is 9.32. The van der Waals surface area contributed by atoms with Gasteiger partial charge in [0, 0.05) is 17.0 Å². The van der Waals surface area contributed by atoms with Crippen molar-refractivity contribution in [2.24, 2.45) is 5.41 Å². The second-order valence-electron chi connectivity index (χ2n) is 9.32. The van der Waals surface area contributed by atoms with E-state index in [1.165, 1.54) is 12.1 Å². The molecule has 1 heterocycles. The Kier molecular flexibility index (Phi) is 5.00. The molecule has 0 radical (unpaired) electrons. The molecule has 0 amide bonds. The van der Waals surface area contributed by atoms with Gasteiger partial charge in [-0.15, -0.1) is 13.2 Å². The zero-order valence-electron chi connectivity index (χ0n) is 17.9. The Morgan fingerprint density at radius 2 is 1.63 bits per heavy atom. The summed E-state index contributed by atoms with van der Waals surface area (Å²) in [5.41, 5.74) is -5.67. The Labute approximate surface area is 194 Å². The van der Waals surface area contributed by atoms with E-state index in [0.29, 0.717) is 11.6 Å². The van der Waals surface area contributed by atoms with Gasteiger partial charge in [0.2, 0.25) is 0 Å². The van der Waals surface area contributed by atoms with Crippen LogP contribution in [0.5, 0.6) is 5.75 Å². The van der Waals surface area contributed by atoms with Crippen LogP contribution >= 0.6 is 0 Å². The van der Waals surface area contributed by atoms with Crippen LogP contribution in [0, 0.1) is 17.0 Å². The summed E-state index contributed by atoms with van der Waals surface area (Å²) < 4.78 is 102. The Morgan fingerprint density at radius 3 is 2.17 bits per heavy atom. The minimum atomic E-state index is -4.85. The van der Waals surface area contributed by atoms with Crippen LogP contribution in [0.4, 0.5) is 30.7 Å². The van der Waals surface area contributed by atoms with Crippen molar-refractivity contribution in [3.05, 3.63) is 77.9 Å². The average molecular weight is 501 g/mol. The van der Waals surface area contributed by atoms with E-state index in [0.717, 1.165) is 41.6 Å². The number of hydrogen-bond acceptors (Lipinski definition) is 4. The third-order valence-corrected chi connectivity index (χ3v) is 7.15. The lowest BCUT2D eigenvalue weighted by atomic mass is 9.30. The van der Waals surface area contributed by atoms with Crippen LogP contribution in [-0.2, 0) is 17.6 Å². The monoisotopic (exact) mass is 501 g/mol. The number of aliphatic hydroxyl groups is 1. The largest absolute Gasteiger partial charge is 0.573 e. The van der Waals surface area contributed by atoms with Gasteiger partial charge in [0.15, 0.2) is 5.60 Å². The molecule has 3 aliphatic rings. The summed E-state index contributed by atoms with van der Waals surface area (Å²) in [7, 11) is 0. The van der Waals surface area contributed by atoms with Gasteiger partial charge in [-0.2, -0.15) is 5.10 Å². The molecular weight excluding hydrogens is 483 g/mol. The van der Waals surface area contributed by atoms with E-state index in [2.05, 4.69) is 14.8 Å². The summed E-state index contributed by atoms with van der Waals surface area (Å²) in [5, 5.41) is 15.1. The van der Waals surface area contributed by atoms with E-state index in [9.17, 15) is 27.1 Å². The Hall–Kier alpha value is -3.15. The van der Waals surface area contributed by atoms with Gasteiger partial charge < -0.3 is 9.84 Å². The van der Waals surface area contributed by atoms with E-state index in [-0.39, 0.29) is 19.3 Å². The maximum atomic E-state index is 16.1. The maximum Gasteiger partial charge on any atom is 0.573 e. The zero-order chi connectivity index (χ0) is 25.3. The molecule has 1 unspecified atom stereocenters. The molecule has 2 bridgehead atoms. The summed E-state index contributed by atoms with van der Waals surface area (Å²) in [6.07, 6.45) is -2.91. The van der Waals surface area contributed by atoms with E-state index in [1.54, 1.807) is 0 Å². The first kappa shape index (κ1) is 23.6. The fourth-order valence-corrected chi connectivity index (χ4v) is 5.60. The molecule has 3 aromatic rings. The first-order valence-corrected chi connectivity index (χ1v) is 10.5. The number of halogens is 7. The van der Waals surface area contributed by atoms with Crippen molar-refractivity contribution in [3.8, 4) is 5.75 Å². The van der Waals surface area contributed by atoms with Crippen LogP contribution in [0.15, 0.2) is 55.1 Å². The van der Waals surface area contributed by atoms with Crippen molar-refractivity contribution in [2.75, 3.05) is 0 Å². The third-order valence-electron chi connectivity index (χ3n) is 7.15. The molecule has 1 atom stereocenters. The number of aromatic nitrogens is 3. The maximum absolute atomic E-state index is 16.1. The zero-order valence-corrected chi connectivity index (χ0v) is 17.9. The molecule has 12 heteroatoms. The molecule has 1 N–H and O–H groups in total. The summed E-state index contributed by atoms with van der Waals surface area (Å²) in [5.74, 6) is -6.61. The molecule has 0 spiro atoms. The van der Waals surface area contributed by atoms with Gasteiger partial charge in [-0.1, -0.05) is 12.1 Å². The summed E-state index contributed by atoms with van der Waals surface area (Å²) >= 11 is 0. The van der Waals surface area contributed by atoms with Gasteiger partial charge in [0.05, 0.1) is 6.54 Å². The van der Waals surface area contributed by atoms with Gasteiger partial charge in [-0.25, -0.2) is 27.2 Å². The van der Waals surface area contributed by atoms with Crippen molar-refractivity contribution in [1.82, 2.24) is 14.8 Å². The van der Waals surface area contributed by atoms with Crippen LogP contribution < -0.4 is 4.74 Å². The second kappa shape index (κ2) is 7.42. The minimum Gasteiger partial charge on any atom is -0.406 e. The van der Waals surface area contributed by atoms with Crippen molar-refractivity contribution >= 4 is 0 Å². The summed E-state index contributed by atoms with van der Waals surface area (Å²) in [6, 6.07) is 7.01. The fraction of sp³-hybridized carbons (Fsp3) is 0.391. The van der Waals surface area contributed by atoms with Crippen molar-refractivity contribution < 1.29 is 40.6 Å². The first-order chi connectivity index (χ1) is 16.3. The van der Waals surface area contributed by atoms with E-state index in [1.807, 2.05) is 0 Å². The van der Waals surface area contributed by atoms with Crippen LogP contribution in [0.25, 0.3) is 0 Å². The quantitative estimate of drug-likeness (QED) is 0.458. The molecule has 6 rings (SSSR count). The third kappa shape index (κ3) is 3.57. The molecule has 35 heavy (non-hydrogen) atoms. The van der Waals surface area contributed by atoms with E-state index >= 15 is 8.78 Å². The number of rotatable bonds is 7. The highest BCUT2D eigenvalue weighted by atomic mass is 19.4. The highest BCUT2D eigenvalue weighted by molar-refractivity contribution is 5.44. The number of hydrogen-bond donors (Lipinski definition) is 1. The normalized spacial score (nSPS) is 25.4. The van der Waals surface area contributed by atoms with E-state index < -0.39 is 58.2 Å². The van der Waals surface area contributed by atoms with Gasteiger partial charge in [-0.05, 0) is 54.5 Å². The predicted octanol–water partition coefficient (Wildman–Crippen LogP) is 5.10. The topological polar surface area (TPSA) is 60.2 Å². The molecule has 5 nitrogen and oxygen atoms in total. The molecule has 2 aromatic carbocycles. The van der Waals surface area contributed by atoms with Crippen LogP contribution in [0.1, 0.15) is 30.4 Å². The van der Waals surface area contributed by atoms with Crippen molar-refractivity contribution in [2.45, 2.75) is 49.1 Å². The predicted molar refractivity (Wildman–Crippen MR) is 106 cm³/mol. The fourth-order valence-electron chi connectivity index (χ4n) is 5.60. The SMILES string of the molecule is OC(Cn1cncn1)(c1ccc(F)cc1F)C(F)(F)C12CC(c3ccc(OC(F)(F)F)cc3)(C1)C2. The van der Waals surface area contributed by atoms with Crippen LogP contribution in [0.3, 0.4) is 0 Å². The van der Waals surface area contributed by atoms with Gasteiger partial charge in [0.1, 0.15) is 30.0 Å². The van der Waals surface area contributed by atoms with Crippen LogP contribution in [0.2, 0.25) is 0 Å². The van der Waals surface area contributed by atoms with Gasteiger partial charge >= 0.3 is 6.36 Å². The molecule has 0 saturated heterocycles. The lowest BCUT2D eigenvalue weighted by molar-refractivity contribution is -0.347. The number of ether oxygens (including phenoxy) is 1. The van der Waals surface area contributed by atoms with Crippen molar-refractivity contribution in [3.63, 3.8) is 0 Å². The summed E-state index contributed by atoms with van der Waals surface area (Å²) in [6.45, 7) is -0.833. The highest BCUT2D eigenvalue weighted by Crippen LogP contribution is 2.80. The van der Waals surface area contributed by atoms with E-state index in [4.69, 9.17) is 0 Å². The Balaban J connectivity index is 1.43. The number of alkyl halides is 5. The average Bonchev–Trinajstić information content (AvgIpc) is 3.18. The highest BCUT2D eigenvalue weighted by Gasteiger charge is 2.82. The lowest BCUT2D eigenvalue weighted by Gasteiger charge is -2.74. The Bertz CT molecular complexity index is 1230. The standard InChI is InChI=1S/C23H18F7N3O2/c24-15-3-6-17(18(25)7-15)21(34,11-33-13-31-12-32-33)22(26,27)20-8-19(9-20,10-20)14-1-4-16(5-2-14)35-23(28,29)30/h1-7,12-13,34H,8-11H2. The van der Waals surface area contributed by atoms with Crippen molar-refractivity contribution in [1.29, 1.82) is 0 Å². The number of nitrogens with zero attached hydrogens (tertiary/aromatic N) is 3. The Morgan fingerprint density at radius 1 is 0.971 bits per heavy atom. The van der Waals surface area contributed by atoms with Gasteiger partial charge in [0.25, 0.3) is 5.92 Å². The molecule has 0 aliphatic heterocycles. The molecule has 3 saturated carbocycles. The lowest BCUT2D eigenvalue weighted by Crippen LogP contribution is -2.76. The molecular formula is C23H18F7N3O2. The van der Waals surface area contributed by atoms with Crippen LogP contribution in [-0.4, -0.2) is 32.2 Å². The molecule has 3 fully saturated rings. The van der Waals surface area contributed by atoms with Gasteiger partial charge in [-0.3, -0.25) is 0 Å². The number of benzene rings is 2. The smallest absolute Gasteiger partial charge is 0.406 e. The first-order valence-electron chi connectivity index (χ1n) is 10.5. The molecule has 3 aliphatic carbocycles. The molecule has 186 valence electrons. The minimum absolute atomic E-state index is 0.0744. The molecule has 1 aromatic heterocycles.